The molecule has 0 aliphatic heterocycles. The quantitative estimate of drug-likeness (QED) is 0.166. The van der Waals surface area contributed by atoms with Crippen molar-refractivity contribution in [2.45, 2.75) is 128 Å². The molecule has 6 nitrogen and oxygen atoms in total. The van der Waals surface area contributed by atoms with E-state index >= 15 is 0 Å². The SMILES string of the molecule is CCCCCCCCCCCCC(O)CCCCC(O)CC(=O)OC(CO)CO. The second-order valence-corrected chi connectivity index (χ2v) is 8.24. The minimum atomic E-state index is -0.921. The first kappa shape index (κ1) is 28.3. The van der Waals surface area contributed by atoms with Gasteiger partial charge in [0.25, 0.3) is 0 Å². The van der Waals surface area contributed by atoms with Crippen LogP contribution < -0.4 is 0 Å². The van der Waals surface area contributed by atoms with E-state index in [1.165, 1.54) is 57.8 Å². The lowest BCUT2D eigenvalue weighted by Crippen LogP contribution is -2.27. The second-order valence-electron chi connectivity index (χ2n) is 8.24. The van der Waals surface area contributed by atoms with E-state index < -0.39 is 31.4 Å². The second kappa shape index (κ2) is 20.6. The topological polar surface area (TPSA) is 107 Å². The van der Waals surface area contributed by atoms with Crippen molar-refractivity contribution in [2.75, 3.05) is 13.2 Å². The molecule has 0 fully saturated rings. The molecule has 29 heavy (non-hydrogen) atoms. The molecule has 0 aromatic rings. The highest BCUT2D eigenvalue weighted by Gasteiger charge is 2.16. The van der Waals surface area contributed by atoms with Gasteiger partial charge < -0.3 is 25.2 Å². The zero-order valence-electron chi connectivity index (χ0n) is 18.6. The molecule has 2 unspecified atom stereocenters. The van der Waals surface area contributed by atoms with Crippen LogP contribution in [-0.2, 0) is 9.53 Å². The molecule has 2 atom stereocenters. The molecule has 0 radical (unpaired) electrons. The van der Waals surface area contributed by atoms with Gasteiger partial charge in [0.05, 0.1) is 31.8 Å². The Morgan fingerprint density at radius 3 is 1.59 bits per heavy atom. The van der Waals surface area contributed by atoms with Crippen molar-refractivity contribution in [1.82, 2.24) is 0 Å². The Kier molecular flexibility index (Phi) is 20.1. The summed E-state index contributed by atoms with van der Waals surface area (Å²) in [6.45, 7) is 1.37. The minimum Gasteiger partial charge on any atom is -0.457 e. The summed E-state index contributed by atoms with van der Waals surface area (Å²) >= 11 is 0. The Balaban J connectivity index is 3.48. The molecule has 0 rings (SSSR count). The van der Waals surface area contributed by atoms with Crippen molar-refractivity contribution in [3.05, 3.63) is 0 Å². The number of aliphatic hydroxyl groups is 4. The standard InChI is InChI=1S/C23H46O6/c1-2-3-4-5-6-7-8-9-10-11-14-20(26)15-12-13-16-21(27)17-23(28)29-22(18-24)19-25/h20-22,24-27H,2-19H2,1H3. The van der Waals surface area contributed by atoms with Crippen LogP contribution in [-0.4, -0.2) is 57.9 Å². The van der Waals surface area contributed by atoms with Gasteiger partial charge in [0, 0.05) is 0 Å². The maximum absolute atomic E-state index is 11.5. The van der Waals surface area contributed by atoms with E-state index in [1.807, 2.05) is 0 Å². The van der Waals surface area contributed by atoms with Crippen molar-refractivity contribution in [3.8, 4) is 0 Å². The van der Waals surface area contributed by atoms with Gasteiger partial charge in [-0.2, -0.15) is 0 Å². The first-order valence-corrected chi connectivity index (χ1v) is 11.8. The fourth-order valence-corrected chi connectivity index (χ4v) is 3.43. The molecule has 174 valence electrons. The number of carbonyl (C=O) groups is 1. The minimum absolute atomic E-state index is 0.141. The number of hydrogen-bond donors (Lipinski definition) is 4. The number of hydrogen-bond acceptors (Lipinski definition) is 6. The number of aliphatic hydroxyl groups excluding tert-OH is 4. The van der Waals surface area contributed by atoms with Crippen molar-refractivity contribution in [3.63, 3.8) is 0 Å². The van der Waals surface area contributed by atoms with E-state index in [1.54, 1.807) is 0 Å². The Morgan fingerprint density at radius 1 is 0.690 bits per heavy atom. The number of esters is 1. The van der Waals surface area contributed by atoms with Crippen LogP contribution in [0.1, 0.15) is 110 Å². The van der Waals surface area contributed by atoms with Crippen LogP contribution in [0.4, 0.5) is 0 Å². The number of carbonyl (C=O) groups excluding carboxylic acids is 1. The third-order valence-corrected chi connectivity index (χ3v) is 5.32. The van der Waals surface area contributed by atoms with Crippen LogP contribution in [0.2, 0.25) is 0 Å². The van der Waals surface area contributed by atoms with E-state index in [4.69, 9.17) is 14.9 Å². The average molecular weight is 419 g/mol. The van der Waals surface area contributed by atoms with Crippen molar-refractivity contribution in [1.29, 1.82) is 0 Å². The van der Waals surface area contributed by atoms with Crippen LogP contribution in [0.25, 0.3) is 0 Å². The molecule has 0 aliphatic carbocycles. The Bertz CT molecular complexity index is 359. The molecule has 0 saturated heterocycles. The predicted molar refractivity (Wildman–Crippen MR) is 116 cm³/mol. The summed E-state index contributed by atoms with van der Waals surface area (Å²) in [6.07, 6.45) is 14.4. The fourth-order valence-electron chi connectivity index (χ4n) is 3.43. The lowest BCUT2D eigenvalue weighted by Gasteiger charge is -2.15. The fraction of sp³-hybridized carbons (Fsp3) is 0.957. The van der Waals surface area contributed by atoms with Crippen LogP contribution in [0.3, 0.4) is 0 Å². The summed E-state index contributed by atoms with van der Waals surface area (Å²) in [4.78, 5) is 11.5. The first-order valence-electron chi connectivity index (χ1n) is 11.8. The zero-order chi connectivity index (χ0) is 21.7. The van der Waals surface area contributed by atoms with Gasteiger partial charge in [-0.05, 0) is 19.3 Å². The smallest absolute Gasteiger partial charge is 0.308 e. The summed E-state index contributed by atoms with van der Waals surface area (Å²) in [7, 11) is 0. The molecule has 0 aromatic carbocycles. The molecule has 4 N–H and O–H groups in total. The van der Waals surface area contributed by atoms with Crippen molar-refractivity contribution < 1.29 is 30.0 Å². The zero-order valence-corrected chi connectivity index (χ0v) is 18.6. The normalized spacial score (nSPS) is 13.6. The molecule has 0 saturated carbocycles. The van der Waals surface area contributed by atoms with E-state index in [2.05, 4.69) is 6.92 Å². The monoisotopic (exact) mass is 418 g/mol. The Morgan fingerprint density at radius 2 is 1.10 bits per heavy atom. The maximum Gasteiger partial charge on any atom is 0.308 e. The average Bonchev–Trinajstić information content (AvgIpc) is 2.70. The number of rotatable bonds is 21. The molecule has 6 heteroatoms. The van der Waals surface area contributed by atoms with Gasteiger partial charge in [0.2, 0.25) is 0 Å². The highest BCUT2D eigenvalue weighted by Crippen LogP contribution is 2.15. The van der Waals surface area contributed by atoms with Gasteiger partial charge in [0.1, 0.15) is 6.10 Å². The van der Waals surface area contributed by atoms with Gasteiger partial charge in [-0.3, -0.25) is 4.79 Å². The summed E-state index contributed by atoms with van der Waals surface area (Å²) < 4.78 is 4.83. The molecule has 0 amide bonds. The van der Waals surface area contributed by atoms with Gasteiger partial charge in [0.15, 0.2) is 0 Å². The van der Waals surface area contributed by atoms with Crippen LogP contribution in [0.15, 0.2) is 0 Å². The third kappa shape index (κ3) is 19.0. The first-order chi connectivity index (χ1) is 14.0. The van der Waals surface area contributed by atoms with E-state index in [0.29, 0.717) is 6.42 Å². The number of unbranched alkanes of at least 4 members (excludes halogenated alkanes) is 10. The highest BCUT2D eigenvalue weighted by molar-refractivity contribution is 5.70. The summed E-state index contributed by atoms with van der Waals surface area (Å²) in [5.74, 6) is -0.619. The van der Waals surface area contributed by atoms with Crippen molar-refractivity contribution >= 4 is 5.97 Å². The number of ether oxygens (including phenoxy) is 1. The van der Waals surface area contributed by atoms with E-state index in [0.717, 1.165) is 32.1 Å². The summed E-state index contributed by atoms with van der Waals surface area (Å²) in [6, 6.07) is 0. The molecule has 0 aromatic heterocycles. The third-order valence-electron chi connectivity index (χ3n) is 5.32. The van der Waals surface area contributed by atoms with Gasteiger partial charge >= 0.3 is 5.97 Å². The Hall–Kier alpha value is -0.690. The lowest BCUT2D eigenvalue weighted by molar-refractivity contribution is -0.155. The van der Waals surface area contributed by atoms with E-state index in [9.17, 15) is 15.0 Å². The molecule has 0 bridgehead atoms. The largest absolute Gasteiger partial charge is 0.457 e. The highest BCUT2D eigenvalue weighted by atomic mass is 16.6. The van der Waals surface area contributed by atoms with Crippen LogP contribution >= 0.6 is 0 Å². The molecule has 0 spiro atoms. The van der Waals surface area contributed by atoms with Gasteiger partial charge in [-0.15, -0.1) is 0 Å². The van der Waals surface area contributed by atoms with Gasteiger partial charge in [-0.1, -0.05) is 84.0 Å². The molecular formula is C23H46O6. The van der Waals surface area contributed by atoms with Crippen LogP contribution in [0.5, 0.6) is 0 Å². The summed E-state index contributed by atoms with van der Waals surface area (Å²) in [5.41, 5.74) is 0. The van der Waals surface area contributed by atoms with Gasteiger partial charge in [-0.25, -0.2) is 0 Å². The van der Waals surface area contributed by atoms with E-state index in [-0.39, 0.29) is 12.5 Å². The Labute approximate surface area is 177 Å². The lowest BCUT2D eigenvalue weighted by atomic mass is 10.0. The summed E-state index contributed by atoms with van der Waals surface area (Å²) in [5, 5.41) is 37.6. The molecular weight excluding hydrogens is 372 g/mol. The predicted octanol–water partition coefficient (Wildman–Crippen LogP) is 3.87. The molecule has 0 aliphatic rings. The van der Waals surface area contributed by atoms with Crippen LogP contribution in [0, 0.1) is 0 Å². The van der Waals surface area contributed by atoms with Crippen molar-refractivity contribution in [2.24, 2.45) is 0 Å². The maximum atomic E-state index is 11.5. The molecule has 0 heterocycles.